The molecule has 0 radical (unpaired) electrons. The van der Waals surface area contributed by atoms with Crippen LogP contribution in [0.15, 0.2) is 0 Å². The van der Waals surface area contributed by atoms with E-state index in [-0.39, 0.29) is 5.92 Å². The Morgan fingerprint density at radius 3 is 2.50 bits per heavy atom. The highest BCUT2D eigenvalue weighted by molar-refractivity contribution is 5.69. The van der Waals surface area contributed by atoms with E-state index in [1.807, 2.05) is 27.7 Å². The zero-order valence-corrected chi connectivity index (χ0v) is 10.9. The summed E-state index contributed by atoms with van der Waals surface area (Å²) in [7, 11) is 0. The minimum absolute atomic E-state index is 0.139. The van der Waals surface area contributed by atoms with Gasteiger partial charge in [-0.25, -0.2) is 4.79 Å². The van der Waals surface area contributed by atoms with E-state index in [1.165, 1.54) is 4.90 Å². The molecule has 0 aliphatic carbocycles. The fourth-order valence-corrected chi connectivity index (χ4v) is 2.19. The van der Waals surface area contributed by atoms with E-state index in [1.54, 1.807) is 6.92 Å². The predicted molar refractivity (Wildman–Crippen MR) is 62.0 cm³/mol. The van der Waals surface area contributed by atoms with Crippen LogP contribution in [0.5, 0.6) is 0 Å². The van der Waals surface area contributed by atoms with E-state index < -0.39 is 17.4 Å². The van der Waals surface area contributed by atoms with Gasteiger partial charge in [0.1, 0.15) is 11.3 Å². The Morgan fingerprint density at radius 1 is 1.56 bits per heavy atom. The van der Waals surface area contributed by atoms with Gasteiger partial charge in [0.2, 0.25) is 0 Å². The average Bonchev–Trinajstić information content (AvgIpc) is 2.36. The lowest BCUT2D eigenvalue weighted by atomic mass is 9.95. The van der Waals surface area contributed by atoms with Crippen LogP contribution in [-0.4, -0.2) is 34.0 Å². The fraction of sp³-hybridized carbons (Fsp3) is 0.917. The Morgan fingerprint density at radius 2 is 2.12 bits per heavy atom. The molecule has 1 N–H and O–H groups in total. The molecular formula is C12H23NO3. The van der Waals surface area contributed by atoms with Gasteiger partial charge in [0, 0.05) is 12.5 Å². The third kappa shape index (κ3) is 2.67. The van der Waals surface area contributed by atoms with Crippen molar-refractivity contribution in [3.05, 3.63) is 0 Å². The number of amides is 1. The second-order valence-electron chi connectivity index (χ2n) is 5.62. The normalized spacial score (nSPS) is 30.6. The first kappa shape index (κ1) is 13.3. The molecular weight excluding hydrogens is 206 g/mol. The topological polar surface area (TPSA) is 49.8 Å². The van der Waals surface area contributed by atoms with Gasteiger partial charge in [0.05, 0.1) is 0 Å². The Hall–Kier alpha value is -0.770. The summed E-state index contributed by atoms with van der Waals surface area (Å²) in [6.45, 7) is 9.77. The summed E-state index contributed by atoms with van der Waals surface area (Å²) < 4.78 is 5.28. The maximum Gasteiger partial charge on any atom is 0.412 e. The van der Waals surface area contributed by atoms with Crippen LogP contribution in [0.3, 0.4) is 0 Å². The highest BCUT2D eigenvalue weighted by Gasteiger charge is 2.46. The summed E-state index contributed by atoms with van der Waals surface area (Å²) >= 11 is 0. The van der Waals surface area contributed by atoms with Crippen molar-refractivity contribution in [2.24, 2.45) is 5.92 Å². The van der Waals surface area contributed by atoms with Crippen molar-refractivity contribution in [2.75, 3.05) is 6.54 Å². The Kier molecular flexibility index (Phi) is 3.53. The van der Waals surface area contributed by atoms with Gasteiger partial charge < -0.3 is 9.84 Å². The maximum atomic E-state index is 11.9. The number of nitrogens with zero attached hydrogens (tertiary/aromatic N) is 1. The standard InChI is InChI=1S/C12H23NO3/c1-6-9-7-8-13(12(9,5)15)10(14)16-11(2,3)4/h9,15H,6-8H2,1-5H3/t9-,12-/m0/s1. The van der Waals surface area contributed by atoms with Crippen molar-refractivity contribution in [1.29, 1.82) is 0 Å². The lowest BCUT2D eigenvalue weighted by molar-refractivity contribution is -0.0958. The lowest BCUT2D eigenvalue weighted by Gasteiger charge is -2.35. The zero-order chi connectivity index (χ0) is 12.6. The van der Waals surface area contributed by atoms with Crippen molar-refractivity contribution in [3.63, 3.8) is 0 Å². The van der Waals surface area contributed by atoms with E-state index in [4.69, 9.17) is 4.74 Å². The third-order valence-electron chi connectivity index (χ3n) is 3.13. The zero-order valence-electron chi connectivity index (χ0n) is 10.9. The Bertz CT molecular complexity index is 268. The number of aliphatic hydroxyl groups is 1. The number of carbonyl (C=O) groups excluding carboxylic acids is 1. The second kappa shape index (κ2) is 4.24. The first-order valence-corrected chi connectivity index (χ1v) is 5.91. The second-order valence-corrected chi connectivity index (χ2v) is 5.62. The summed E-state index contributed by atoms with van der Waals surface area (Å²) in [5, 5.41) is 10.3. The Labute approximate surface area is 97.6 Å². The summed E-state index contributed by atoms with van der Waals surface area (Å²) in [5.74, 6) is 0.139. The SMILES string of the molecule is CC[C@H]1CCN(C(=O)OC(C)(C)C)[C@@]1(C)O. The molecule has 4 nitrogen and oxygen atoms in total. The molecule has 2 atom stereocenters. The molecule has 0 aromatic heterocycles. The first-order chi connectivity index (χ1) is 7.18. The van der Waals surface area contributed by atoms with E-state index in [0.29, 0.717) is 6.54 Å². The molecule has 16 heavy (non-hydrogen) atoms. The summed E-state index contributed by atoms with van der Waals surface area (Å²) in [5.41, 5.74) is -1.59. The number of carbonyl (C=O) groups is 1. The number of ether oxygens (including phenoxy) is 1. The molecule has 1 amide bonds. The van der Waals surface area contributed by atoms with E-state index >= 15 is 0 Å². The maximum absolute atomic E-state index is 11.9. The van der Waals surface area contributed by atoms with Crippen molar-refractivity contribution in [1.82, 2.24) is 4.90 Å². The molecule has 0 bridgehead atoms. The summed E-state index contributed by atoms with van der Waals surface area (Å²) in [6.07, 6.45) is 1.28. The number of rotatable bonds is 1. The number of likely N-dealkylation sites (tertiary alicyclic amines) is 1. The lowest BCUT2D eigenvalue weighted by Crippen LogP contribution is -2.49. The number of hydrogen-bond donors (Lipinski definition) is 1. The predicted octanol–water partition coefficient (Wildman–Crippen LogP) is 2.36. The van der Waals surface area contributed by atoms with Gasteiger partial charge in [-0.2, -0.15) is 0 Å². The van der Waals surface area contributed by atoms with Crippen molar-refractivity contribution >= 4 is 6.09 Å². The molecule has 0 aromatic rings. The highest BCUT2D eigenvalue weighted by atomic mass is 16.6. The number of hydrogen-bond acceptors (Lipinski definition) is 3. The third-order valence-corrected chi connectivity index (χ3v) is 3.13. The van der Waals surface area contributed by atoms with Crippen LogP contribution in [0.4, 0.5) is 4.79 Å². The van der Waals surface area contributed by atoms with Gasteiger partial charge in [-0.05, 0) is 40.5 Å². The molecule has 0 unspecified atom stereocenters. The van der Waals surface area contributed by atoms with Gasteiger partial charge in [0.25, 0.3) is 0 Å². The van der Waals surface area contributed by atoms with Crippen LogP contribution < -0.4 is 0 Å². The van der Waals surface area contributed by atoms with Gasteiger partial charge in [-0.3, -0.25) is 4.90 Å². The van der Waals surface area contributed by atoms with E-state index in [9.17, 15) is 9.90 Å². The molecule has 0 saturated carbocycles. The van der Waals surface area contributed by atoms with Gasteiger partial charge >= 0.3 is 6.09 Å². The van der Waals surface area contributed by atoms with Gasteiger partial charge in [0.15, 0.2) is 0 Å². The van der Waals surface area contributed by atoms with Crippen LogP contribution >= 0.6 is 0 Å². The molecule has 1 saturated heterocycles. The highest BCUT2D eigenvalue weighted by Crippen LogP contribution is 2.35. The van der Waals surface area contributed by atoms with E-state index in [0.717, 1.165) is 12.8 Å². The smallest absolute Gasteiger partial charge is 0.412 e. The molecule has 1 heterocycles. The van der Waals surface area contributed by atoms with Crippen LogP contribution in [-0.2, 0) is 4.74 Å². The molecule has 1 aliphatic heterocycles. The molecule has 94 valence electrons. The van der Waals surface area contributed by atoms with Crippen molar-refractivity contribution < 1.29 is 14.6 Å². The van der Waals surface area contributed by atoms with Crippen LogP contribution in [0.2, 0.25) is 0 Å². The summed E-state index contributed by atoms with van der Waals surface area (Å²) in [4.78, 5) is 13.3. The molecule has 1 aliphatic rings. The van der Waals surface area contributed by atoms with Crippen LogP contribution in [0.25, 0.3) is 0 Å². The average molecular weight is 229 g/mol. The fourth-order valence-electron chi connectivity index (χ4n) is 2.19. The van der Waals surface area contributed by atoms with Crippen molar-refractivity contribution in [3.8, 4) is 0 Å². The molecule has 0 spiro atoms. The van der Waals surface area contributed by atoms with E-state index in [2.05, 4.69) is 0 Å². The monoisotopic (exact) mass is 229 g/mol. The molecule has 1 rings (SSSR count). The van der Waals surface area contributed by atoms with Crippen LogP contribution in [0.1, 0.15) is 47.5 Å². The minimum atomic E-state index is -1.07. The Balaban J connectivity index is 2.72. The van der Waals surface area contributed by atoms with Crippen molar-refractivity contribution in [2.45, 2.75) is 58.8 Å². The largest absolute Gasteiger partial charge is 0.444 e. The summed E-state index contributed by atoms with van der Waals surface area (Å²) in [6, 6.07) is 0. The quantitative estimate of drug-likeness (QED) is 0.751. The van der Waals surface area contributed by atoms with Gasteiger partial charge in [-0.15, -0.1) is 0 Å². The molecule has 4 heteroatoms. The minimum Gasteiger partial charge on any atom is -0.444 e. The van der Waals surface area contributed by atoms with Crippen LogP contribution in [0, 0.1) is 5.92 Å². The van der Waals surface area contributed by atoms with Gasteiger partial charge in [-0.1, -0.05) is 6.92 Å². The molecule has 0 aromatic carbocycles. The first-order valence-electron chi connectivity index (χ1n) is 5.91. The molecule has 1 fully saturated rings.